The summed E-state index contributed by atoms with van der Waals surface area (Å²) in [5.41, 5.74) is -0.196. The van der Waals surface area contributed by atoms with Crippen molar-refractivity contribution in [2.45, 2.75) is 58.9 Å². The highest BCUT2D eigenvalue weighted by molar-refractivity contribution is 5.81. The average molecular weight is 435 g/mol. The van der Waals surface area contributed by atoms with Gasteiger partial charge in [0.25, 0.3) is 5.56 Å². The summed E-state index contributed by atoms with van der Waals surface area (Å²) in [6.07, 6.45) is -2.84. The number of hydrogen-bond donors (Lipinski definition) is 1. The minimum absolute atomic E-state index is 0.324. The summed E-state index contributed by atoms with van der Waals surface area (Å²) in [4.78, 5) is 25.5. The van der Waals surface area contributed by atoms with E-state index in [1.54, 1.807) is 24.7 Å². The SMILES string of the molecule is Cc1nn(CC(=O)N[C@@H](C)c2ccc(C(F)(F)F)cc2)c(=O)c2c1cnn2C(C)(C)C. The third kappa shape index (κ3) is 4.62. The van der Waals surface area contributed by atoms with Crippen molar-refractivity contribution in [2.75, 3.05) is 0 Å². The van der Waals surface area contributed by atoms with E-state index in [0.717, 1.165) is 16.8 Å². The summed E-state index contributed by atoms with van der Waals surface area (Å²) in [6.45, 7) is 8.80. The van der Waals surface area contributed by atoms with E-state index in [9.17, 15) is 22.8 Å². The zero-order chi connectivity index (χ0) is 23.1. The van der Waals surface area contributed by atoms with E-state index >= 15 is 0 Å². The zero-order valence-corrected chi connectivity index (χ0v) is 17.9. The molecule has 0 bridgehead atoms. The summed E-state index contributed by atoms with van der Waals surface area (Å²) in [5, 5.41) is 11.8. The van der Waals surface area contributed by atoms with E-state index in [-0.39, 0.29) is 6.54 Å². The molecule has 0 saturated heterocycles. The molecule has 7 nitrogen and oxygen atoms in total. The van der Waals surface area contributed by atoms with Crippen LogP contribution in [0.25, 0.3) is 10.9 Å². The van der Waals surface area contributed by atoms with Gasteiger partial charge in [0.1, 0.15) is 12.1 Å². The van der Waals surface area contributed by atoms with Gasteiger partial charge in [-0.2, -0.15) is 23.4 Å². The van der Waals surface area contributed by atoms with E-state index in [0.29, 0.717) is 22.2 Å². The molecule has 0 aliphatic rings. The number of rotatable bonds is 4. The molecule has 0 aliphatic heterocycles. The Labute approximate surface area is 176 Å². The molecule has 2 aromatic heterocycles. The average Bonchev–Trinajstić information content (AvgIpc) is 3.11. The van der Waals surface area contributed by atoms with Crippen molar-refractivity contribution in [3.8, 4) is 0 Å². The Balaban J connectivity index is 1.82. The molecule has 3 rings (SSSR count). The van der Waals surface area contributed by atoms with Crippen LogP contribution >= 0.6 is 0 Å². The fourth-order valence-electron chi connectivity index (χ4n) is 3.30. The maximum atomic E-state index is 13.0. The van der Waals surface area contributed by atoms with E-state index in [1.165, 1.54) is 12.1 Å². The lowest BCUT2D eigenvalue weighted by molar-refractivity contribution is -0.137. The maximum Gasteiger partial charge on any atom is 0.416 e. The molecule has 166 valence electrons. The van der Waals surface area contributed by atoms with Gasteiger partial charge in [-0.3, -0.25) is 14.3 Å². The summed E-state index contributed by atoms with van der Waals surface area (Å²) in [6, 6.07) is 4.02. The second kappa shape index (κ2) is 7.82. The van der Waals surface area contributed by atoms with E-state index in [2.05, 4.69) is 15.5 Å². The number of aryl methyl sites for hydroxylation is 1. The molecule has 0 unspecified atom stereocenters. The summed E-state index contributed by atoms with van der Waals surface area (Å²) >= 11 is 0. The maximum absolute atomic E-state index is 13.0. The first-order valence-electron chi connectivity index (χ1n) is 9.71. The van der Waals surface area contributed by atoms with Crippen molar-refractivity contribution in [2.24, 2.45) is 0 Å². The van der Waals surface area contributed by atoms with Crippen LogP contribution in [-0.2, 0) is 23.1 Å². The van der Waals surface area contributed by atoms with Gasteiger partial charge < -0.3 is 5.32 Å². The standard InChI is InChI=1S/C21H24F3N5O2/c1-12(14-6-8-15(9-7-14)21(22,23)24)26-17(30)11-28-19(31)18-16(13(2)27-28)10-25-29(18)20(3,4)5/h6-10,12H,11H2,1-5H3,(H,26,30)/t12-/m0/s1. The van der Waals surface area contributed by atoms with E-state index in [4.69, 9.17) is 0 Å². The van der Waals surface area contributed by atoms with Gasteiger partial charge in [0, 0.05) is 5.39 Å². The predicted octanol–water partition coefficient (Wildman–Crippen LogP) is 3.55. The van der Waals surface area contributed by atoms with Crippen molar-refractivity contribution >= 4 is 16.8 Å². The van der Waals surface area contributed by atoms with Crippen LogP contribution in [-0.4, -0.2) is 25.5 Å². The van der Waals surface area contributed by atoms with Crippen LogP contribution in [0.5, 0.6) is 0 Å². The number of nitrogens with one attached hydrogen (secondary N) is 1. The van der Waals surface area contributed by atoms with Crippen LogP contribution < -0.4 is 10.9 Å². The van der Waals surface area contributed by atoms with Gasteiger partial charge in [0.05, 0.1) is 29.0 Å². The van der Waals surface area contributed by atoms with Crippen LogP contribution in [0.1, 0.15) is 50.6 Å². The van der Waals surface area contributed by atoms with E-state index < -0.39 is 34.8 Å². The highest BCUT2D eigenvalue weighted by Crippen LogP contribution is 2.29. The number of halogens is 3. The van der Waals surface area contributed by atoms with Gasteiger partial charge in [0.15, 0.2) is 0 Å². The Morgan fingerprint density at radius 2 is 1.77 bits per heavy atom. The number of alkyl halides is 3. The quantitative estimate of drug-likeness (QED) is 0.680. The number of amides is 1. The van der Waals surface area contributed by atoms with Crippen LogP contribution in [0, 0.1) is 6.92 Å². The lowest BCUT2D eigenvalue weighted by Gasteiger charge is -2.20. The lowest BCUT2D eigenvalue weighted by Crippen LogP contribution is -2.36. The normalized spacial score (nSPS) is 13.4. The molecule has 1 aromatic carbocycles. The monoisotopic (exact) mass is 435 g/mol. The van der Waals surface area contributed by atoms with Gasteiger partial charge in [-0.15, -0.1) is 0 Å². The van der Waals surface area contributed by atoms with Crippen LogP contribution in [0.15, 0.2) is 35.3 Å². The van der Waals surface area contributed by atoms with Crippen molar-refractivity contribution in [1.82, 2.24) is 24.9 Å². The number of fused-ring (bicyclic) bond motifs is 1. The van der Waals surface area contributed by atoms with Crippen LogP contribution in [0.4, 0.5) is 13.2 Å². The number of aromatic nitrogens is 4. The number of benzene rings is 1. The lowest BCUT2D eigenvalue weighted by atomic mass is 10.1. The summed E-state index contributed by atoms with van der Waals surface area (Å²) < 4.78 is 40.8. The Bertz CT molecular complexity index is 1170. The molecule has 0 saturated carbocycles. The molecule has 1 N–H and O–H groups in total. The largest absolute Gasteiger partial charge is 0.416 e. The Hall–Kier alpha value is -3.17. The second-order valence-corrected chi connectivity index (χ2v) is 8.45. The molecule has 1 amide bonds. The topological polar surface area (TPSA) is 81.8 Å². The third-order valence-corrected chi connectivity index (χ3v) is 4.91. The highest BCUT2D eigenvalue weighted by atomic mass is 19.4. The smallest absolute Gasteiger partial charge is 0.348 e. The molecule has 0 fully saturated rings. The summed E-state index contributed by atoms with van der Waals surface area (Å²) in [5.74, 6) is -0.484. The van der Waals surface area contributed by atoms with Crippen molar-refractivity contribution < 1.29 is 18.0 Å². The van der Waals surface area contributed by atoms with Crippen molar-refractivity contribution in [1.29, 1.82) is 0 Å². The molecule has 2 heterocycles. The third-order valence-electron chi connectivity index (χ3n) is 4.91. The fourth-order valence-corrected chi connectivity index (χ4v) is 3.30. The van der Waals surface area contributed by atoms with Gasteiger partial charge in [-0.25, -0.2) is 4.68 Å². The van der Waals surface area contributed by atoms with Crippen LogP contribution in [0.2, 0.25) is 0 Å². The Morgan fingerprint density at radius 3 is 2.32 bits per heavy atom. The van der Waals surface area contributed by atoms with Crippen LogP contribution in [0.3, 0.4) is 0 Å². The molecule has 31 heavy (non-hydrogen) atoms. The first-order chi connectivity index (χ1) is 14.3. The number of carbonyl (C=O) groups is 1. The van der Waals surface area contributed by atoms with Gasteiger partial charge in [-0.1, -0.05) is 12.1 Å². The number of hydrogen-bond acceptors (Lipinski definition) is 4. The predicted molar refractivity (Wildman–Crippen MR) is 110 cm³/mol. The highest BCUT2D eigenvalue weighted by Gasteiger charge is 2.30. The summed E-state index contributed by atoms with van der Waals surface area (Å²) in [7, 11) is 0. The molecule has 0 aliphatic carbocycles. The molecular weight excluding hydrogens is 411 g/mol. The van der Waals surface area contributed by atoms with Crippen molar-refractivity contribution in [3.63, 3.8) is 0 Å². The molecule has 3 aromatic rings. The molecule has 1 atom stereocenters. The Kier molecular flexibility index (Phi) is 5.68. The Morgan fingerprint density at radius 1 is 1.16 bits per heavy atom. The first-order valence-corrected chi connectivity index (χ1v) is 9.71. The minimum Gasteiger partial charge on any atom is -0.348 e. The second-order valence-electron chi connectivity index (χ2n) is 8.45. The fraction of sp³-hybridized carbons (Fsp3) is 0.429. The van der Waals surface area contributed by atoms with E-state index in [1.807, 2.05) is 20.8 Å². The minimum atomic E-state index is -4.42. The van der Waals surface area contributed by atoms with Crippen molar-refractivity contribution in [3.05, 3.63) is 57.6 Å². The van der Waals surface area contributed by atoms with Gasteiger partial charge in [-0.05, 0) is 52.3 Å². The number of nitrogens with zero attached hydrogens (tertiary/aromatic N) is 4. The van der Waals surface area contributed by atoms with Gasteiger partial charge >= 0.3 is 6.18 Å². The molecule has 0 spiro atoms. The molecule has 0 radical (unpaired) electrons. The zero-order valence-electron chi connectivity index (χ0n) is 17.9. The molecular formula is C21H24F3N5O2. The van der Waals surface area contributed by atoms with Gasteiger partial charge in [0.2, 0.25) is 5.91 Å². The first kappa shape index (κ1) is 22.5. The molecule has 10 heteroatoms. The number of carbonyl (C=O) groups excluding carboxylic acids is 1.